The molecule has 0 aliphatic carbocycles. The van der Waals surface area contributed by atoms with Gasteiger partial charge in [-0.05, 0) is 27.2 Å². The molecule has 1 unspecified atom stereocenters. The summed E-state index contributed by atoms with van der Waals surface area (Å²) in [5.41, 5.74) is 0. The van der Waals surface area contributed by atoms with Gasteiger partial charge in [-0.1, -0.05) is 4.40 Å². The minimum atomic E-state index is -1.40. The van der Waals surface area contributed by atoms with Gasteiger partial charge in [-0.3, -0.25) is 0 Å². The molecule has 1 heterocycles. The molecule has 0 aromatic carbocycles. The van der Waals surface area contributed by atoms with E-state index in [0.29, 0.717) is 6.42 Å². The first-order valence-electron chi connectivity index (χ1n) is 5.80. The first-order valence-corrected chi connectivity index (χ1v) is 6.90. The number of rotatable bonds is 2. The molecule has 1 saturated heterocycles. The second kappa shape index (κ2) is 5.88. The Morgan fingerprint density at radius 1 is 1.61 bits per heavy atom. The lowest BCUT2D eigenvalue weighted by Crippen LogP contribution is -2.44. The fourth-order valence-corrected chi connectivity index (χ4v) is 2.14. The summed E-state index contributed by atoms with van der Waals surface area (Å²) in [6.07, 6.45) is -0.634. The zero-order valence-corrected chi connectivity index (χ0v) is 11.6. The maximum atomic E-state index is 13.7. The highest BCUT2D eigenvalue weighted by Gasteiger charge is 2.32. The molecule has 18 heavy (non-hydrogen) atoms. The fourth-order valence-electron chi connectivity index (χ4n) is 1.56. The van der Waals surface area contributed by atoms with Gasteiger partial charge in [0, 0.05) is 12.5 Å². The number of amides is 1. The van der Waals surface area contributed by atoms with Crippen molar-refractivity contribution in [3.05, 3.63) is 0 Å². The lowest BCUT2D eigenvalue weighted by molar-refractivity contribution is 0.0949. The lowest BCUT2D eigenvalue weighted by atomic mass is 9.97. The van der Waals surface area contributed by atoms with Crippen molar-refractivity contribution in [1.82, 2.24) is 4.90 Å². The number of alkyl halides is 1. The van der Waals surface area contributed by atoms with Gasteiger partial charge < -0.3 is 14.6 Å². The molecule has 1 aliphatic rings. The zero-order valence-electron chi connectivity index (χ0n) is 10.8. The topological polar surface area (TPSA) is 76.0 Å². The summed E-state index contributed by atoms with van der Waals surface area (Å²) >= 11 is -1.40. The van der Waals surface area contributed by atoms with Crippen molar-refractivity contribution in [2.24, 2.45) is 10.3 Å². The maximum Gasteiger partial charge on any atom is 0.407 e. The number of carboxylic acid groups (broad SMARTS) is 1. The minimum Gasteiger partial charge on any atom is -0.591 e. The third-order valence-corrected chi connectivity index (χ3v) is 4.10. The van der Waals surface area contributed by atoms with Gasteiger partial charge in [-0.2, -0.15) is 0 Å². The first-order chi connectivity index (χ1) is 8.21. The number of halogens is 1. The highest BCUT2D eigenvalue weighted by atomic mass is 32.2. The molecular weight excluding hydrogens is 259 g/mol. The Kier molecular flexibility index (Phi) is 4.98. The standard InChI is InChI=1S/C11H19FN2O3S/c1-11(2,3)18(17)13-6-8-4-5-14(10(15)16)7-9(8)12/h6,8-9H,4-5,7H2,1-3H3,(H,15,16)/b13-6+/t8-,9-,18?/m1/s1. The van der Waals surface area contributed by atoms with Crippen LogP contribution in [0, 0.1) is 5.92 Å². The van der Waals surface area contributed by atoms with Crippen molar-refractivity contribution in [3.8, 4) is 0 Å². The molecule has 0 radical (unpaired) electrons. The third-order valence-electron chi connectivity index (χ3n) is 2.73. The third kappa shape index (κ3) is 4.13. The van der Waals surface area contributed by atoms with Crippen LogP contribution in [0.3, 0.4) is 0 Å². The van der Waals surface area contributed by atoms with Gasteiger partial charge >= 0.3 is 6.09 Å². The van der Waals surface area contributed by atoms with Crippen LogP contribution in [0.5, 0.6) is 0 Å². The van der Waals surface area contributed by atoms with Crippen LogP contribution in [0.2, 0.25) is 0 Å². The van der Waals surface area contributed by atoms with Gasteiger partial charge in [0.1, 0.15) is 22.3 Å². The molecule has 0 aromatic heterocycles. The van der Waals surface area contributed by atoms with E-state index in [2.05, 4.69) is 4.40 Å². The molecule has 0 saturated carbocycles. The molecule has 1 aliphatic heterocycles. The second-order valence-corrected chi connectivity index (χ2v) is 7.25. The quantitative estimate of drug-likeness (QED) is 0.618. The van der Waals surface area contributed by atoms with Crippen molar-refractivity contribution in [1.29, 1.82) is 0 Å². The molecule has 0 aromatic rings. The summed E-state index contributed by atoms with van der Waals surface area (Å²) in [5.74, 6) is -0.452. The summed E-state index contributed by atoms with van der Waals surface area (Å²) in [6.45, 7) is 5.52. The van der Waals surface area contributed by atoms with Crippen LogP contribution in [0.1, 0.15) is 27.2 Å². The van der Waals surface area contributed by atoms with Crippen molar-refractivity contribution < 1.29 is 18.8 Å². The SMILES string of the molecule is CC(C)(C)[S+]([O-])/N=C/[C@H]1CCN(C(=O)O)C[C@H]1F. The Balaban J connectivity index is 2.55. The Hall–Kier alpha value is -0.820. The summed E-state index contributed by atoms with van der Waals surface area (Å²) < 4.78 is 28.8. The lowest BCUT2D eigenvalue weighted by Gasteiger charge is -2.30. The van der Waals surface area contributed by atoms with Gasteiger partial charge in [0.15, 0.2) is 0 Å². The number of likely N-dealkylation sites (tertiary alicyclic amines) is 1. The maximum absolute atomic E-state index is 13.7. The summed E-state index contributed by atoms with van der Waals surface area (Å²) in [4.78, 5) is 11.7. The van der Waals surface area contributed by atoms with E-state index in [0.717, 1.165) is 4.90 Å². The largest absolute Gasteiger partial charge is 0.591 e. The highest BCUT2D eigenvalue weighted by molar-refractivity contribution is 7.91. The predicted octanol–water partition coefficient (Wildman–Crippen LogP) is 1.86. The van der Waals surface area contributed by atoms with Crippen molar-refractivity contribution in [3.63, 3.8) is 0 Å². The van der Waals surface area contributed by atoms with Gasteiger partial charge in [-0.25, -0.2) is 9.18 Å². The number of nitrogens with zero attached hydrogens (tertiary/aromatic N) is 2. The Morgan fingerprint density at radius 2 is 2.22 bits per heavy atom. The number of piperidine rings is 1. The minimum absolute atomic E-state index is 0.145. The van der Waals surface area contributed by atoms with Crippen LogP contribution in [0.25, 0.3) is 0 Å². The monoisotopic (exact) mass is 278 g/mol. The van der Waals surface area contributed by atoms with Crippen LogP contribution < -0.4 is 0 Å². The van der Waals surface area contributed by atoms with Crippen LogP contribution in [-0.4, -0.2) is 50.9 Å². The van der Waals surface area contributed by atoms with Crippen molar-refractivity contribution >= 4 is 23.7 Å². The van der Waals surface area contributed by atoms with E-state index in [4.69, 9.17) is 5.11 Å². The van der Waals surface area contributed by atoms with Crippen LogP contribution in [0.15, 0.2) is 4.40 Å². The van der Waals surface area contributed by atoms with Crippen LogP contribution >= 0.6 is 0 Å². The molecule has 0 bridgehead atoms. The van der Waals surface area contributed by atoms with Gasteiger partial charge in [0.05, 0.1) is 12.8 Å². The molecule has 5 nitrogen and oxygen atoms in total. The first kappa shape index (κ1) is 15.2. The summed E-state index contributed by atoms with van der Waals surface area (Å²) in [7, 11) is 0. The van der Waals surface area contributed by atoms with E-state index in [9.17, 15) is 13.7 Å². The van der Waals surface area contributed by atoms with E-state index in [1.54, 1.807) is 20.8 Å². The van der Waals surface area contributed by atoms with E-state index in [1.165, 1.54) is 6.21 Å². The molecule has 3 atom stereocenters. The smallest absolute Gasteiger partial charge is 0.407 e. The molecule has 0 spiro atoms. The van der Waals surface area contributed by atoms with E-state index < -0.39 is 34.3 Å². The average molecular weight is 278 g/mol. The molecule has 1 amide bonds. The predicted molar refractivity (Wildman–Crippen MR) is 69.0 cm³/mol. The highest BCUT2D eigenvalue weighted by Crippen LogP contribution is 2.21. The Morgan fingerprint density at radius 3 is 2.67 bits per heavy atom. The van der Waals surface area contributed by atoms with E-state index in [1.807, 2.05) is 0 Å². The molecule has 7 heteroatoms. The number of carbonyl (C=O) groups is 1. The van der Waals surface area contributed by atoms with E-state index >= 15 is 0 Å². The molecule has 1 fully saturated rings. The number of hydrogen-bond donors (Lipinski definition) is 1. The van der Waals surface area contributed by atoms with Gasteiger partial charge in [0.25, 0.3) is 0 Å². The van der Waals surface area contributed by atoms with Gasteiger partial charge in [-0.15, -0.1) is 0 Å². The summed E-state index contributed by atoms with van der Waals surface area (Å²) in [5, 5.41) is 8.74. The van der Waals surface area contributed by atoms with Crippen molar-refractivity contribution in [2.75, 3.05) is 13.1 Å². The Labute approximate surface area is 109 Å². The summed E-state index contributed by atoms with van der Waals surface area (Å²) in [6, 6.07) is 0. The number of hydrogen-bond acceptors (Lipinski definition) is 3. The molecular formula is C11H19FN2O3S. The average Bonchev–Trinajstić information content (AvgIpc) is 2.25. The van der Waals surface area contributed by atoms with Crippen LogP contribution in [0.4, 0.5) is 9.18 Å². The van der Waals surface area contributed by atoms with Crippen LogP contribution in [-0.2, 0) is 11.4 Å². The Bertz CT molecular complexity index is 333. The molecule has 1 N–H and O–H groups in total. The van der Waals surface area contributed by atoms with Gasteiger partial charge in [0.2, 0.25) is 0 Å². The molecule has 104 valence electrons. The second-order valence-electron chi connectivity index (χ2n) is 5.31. The molecule has 1 rings (SSSR count). The van der Waals surface area contributed by atoms with Crippen molar-refractivity contribution in [2.45, 2.75) is 38.1 Å². The normalized spacial score (nSPS) is 27.5. The van der Waals surface area contributed by atoms with E-state index in [-0.39, 0.29) is 13.1 Å². The fraction of sp³-hybridized carbons (Fsp3) is 0.818. The zero-order chi connectivity index (χ0) is 13.9.